The zero-order chi connectivity index (χ0) is 18.6. The number of nitrogens with one attached hydrogen (secondary N) is 2. The maximum absolute atomic E-state index is 13.0. The first-order valence-electron chi connectivity index (χ1n) is 7.54. The maximum Gasteiger partial charge on any atom is 0.416 e. The summed E-state index contributed by atoms with van der Waals surface area (Å²) in [5, 5.41) is 2.55. The molecule has 2 aromatic rings. The first kappa shape index (κ1) is 18.7. The molecule has 0 aliphatic carbocycles. The number of amides is 1. The van der Waals surface area contributed by atoms with E-state index in [2.05, 4.69) is 10.3 Å². The Balaban J connectivity index is 2.01. The van der Waals surface area contributed by atoms with Gasteiger partial charge in [-0.05, 0) is 36.6 Å². The molecule has 0 bridgehead atoms. The predicted molar refractivity (Wildman–Crippen MR) is 88.5 cm³/mol. The van der Waals surface area contributed by atoms with Crippen LogP contribution in [0.3, 0.4) is 0 Å². The van der Waals surface area contributed by atoms with Gasteiger partial charge >= 0.3 is 6.18 Å². The molecular weight excluding hydrogens is 333 g/mol. The highest BCUT2D eigenvalue weighted by atomic mass is 19.4. The highest BCUT2D eigenvalue weighted by molar-refractivity contribution is 5.83. The highest BCUT2D eigenvalue weighted by Crippen LogP contribution is 2.32. The Morgan fingerprint density at radius 1 is 1.24 bits per heavy atom. The van der Waals surface area contributed by atoms with Gasteiger partial charge < -0.3 is 16.8 Å². The fourth-order valence-corrected chi connectivity index (χ4v) is 2.39. The predicted octanol–water partition coefficient (Wildman–Crippen LogP) is 3.27. The molecule has 0 unspecified atom stereocenters. The summed E-state index contributed by atoms with van der Waals surface area (Å²) in [4.78, 5) is 16.1. The molecule has 0 spiro atoms. The number of nitrogens with two attached hydrogens (primary N) is 1. The molecule has 0 saturated carbocycles. The number of aryl methyl sites for hydroxylation is 1. The molecule has 0 saturated heterocycles. The van der Waals surface area contributed by atoms with Crippen molar-refractivity contribution in [1.82, 2.24) is 10.3 Å². The van der Waals surface area contributed by atoms with Crippen LogP contribution in [0.15, 0.2) is 36.4 Å². The number of anilines is 1. The van der Waals surface area contributed by atoms with Crippen LogP contribution < -0.4 is 11.1 Å². The van der Waals surface area contributed by atoms with Crippen molar-refractivity contribution in [3.8, 4) is 0 Å². The zero-order valence-electron chi connectivity index (χ0n) is 13.5. The third-order valence-corrected chi connectivity index (χ3v) is 3.73. The van der Waals surface area contributed by atoms with Crippen LogP contribution >= 0.6 is 0 Å². The minimum Gasteiger partial charge on any atom is -0.667 e. The van der Waals surface area contributed by atoms with Crippen LogP contribution in [0.5, 0.6) is 0 Å². The minimum atomic E-state index is -4.51. The number of carbonyl (C=O) groups is 1. The second kappa shape index (κ2) is 7.52. The van der Waals surface area contributed by atoms with E-state index in [4.69, 9.17) is 11.5 Å². The quantitative estimate of drug-likeness (QED) is 0.866. The Morgan fingerprint density at radius 3 is 2.56 bits per heavy atom. The largest absolute Gasteiger partial charge is 0.667 e. The first-order valence-corrected chi connectivity index (χ1v) is 7.54. The monoisotopic (exact) mass is 351 g/mol. The van der Waals surface area contributed by atoms with Crippen LogP contribution in [0, 0.1) is 6.92 Å². The van der Waals surface area contributed by atoms with Crippen LogP contribution in [0.1, 0.15) is 22.4 Å². The number of rotatable bonds is 5. The fraction of sp³-hybridized carbons (Fsp3) is 0.294. The lowest BCUT2D eigenvalue weighted by Crippen LogP contribution is -2.33. The van der Waals surface area contributed by atoms with E-state index in [0.29, 0.717) is 11.5 Å². The van der Waals surface area contributed by atoms with E-state index < -0.39 is 23.7 Å². The highest BCUT2D eigenvalue weighted by Gasteiger charge is 2.33. The summed E-state index contributed by atoms with van der Waals surface area (Å²) >= 11 is 0. The standard InChI is InChI=1S/C17H18F3N4O/c1-10-12(6-7-15(22)24-10)9-23-16(25)14(21)8-11-4-2-3-5-13(11)17(18,19)20/h2-7,14,21H,8-9H2,1H3,(H2,22,24)(H,23,25)/q-1/t14-/m0/s1. The van der Waals surface area contributed by atoms with Crippen LogP contribution in [-0.2, 0) is 23.9 Å². The summed E-state index contributed by atoms with van der Waals surface area (Å²) in [5.74, 6) is -0.289. The van der Waals surface area contributed by atoms with Gasteiger partial charge in [0, 0.05) is 12.2 Å². The van der Waals surface area contributed by atoms with Gasteiger partial charge in [-0.25, -0.2) is 4.98 Å². The first-order chi connectivity index (χ1) is 11.7. The van der Waals surface area contributed by atoms with Crippen LogP contribution in [-0.4, -0.2) is 16.9 Å². The fourth-order valence-electron chi connectivity index (χ4n) is 2.39. The van der Waals surface area contributed by atoms with E-state index in [1.807, 2.05) is 0 Å². The van der Waals surface area contributed by atoms with E-state index in [9.17, 15) is 18.0 Å². The van der Waals surface area contributed by atoms with Crippen molar-refractivity contribution >= 4 is 11.7 Å². The maximum atomic E-state index is 13.0. The molecule has 0 radical (unpaired) electrons. The smallest absolute Gasteiger partial charge is 0.416 e. The molecule has 0 fully saturated rings. The van der Waals surface area contributed by atoms with Crippen LogP contribution in [0.4, 0.5) is 19.0 Å². The number of alkyl halides is 3. The Kier molecular flexibility index (Phi) is 5.63. The van der Waals surface area contributed by atoms with E-state index >= 15 is 0 Å². The molecule has 4 N–H and O–H groups in total. The third-order valence-electron chi connectivity index (χ3n) is 3.73. The number of nitrogens with zero attached hydrogens (tertiary/aromatic N) is 1. The van der Waals surface area contributed by atoms with E-state index in [-0.39, 0.29) is 18.5 Å². The molecule has 8 heteroatoms. The van der Waals surface area contributed by atoms with Crippen molar-refractivity contribution in [1.29, 1.82) is 0 Å². The molecular formula is C17H18F3N4O-. The van der Waals surface area contributed by atoms with E-state index in [1.54, 1.807) is 19.1 Å². The van der Waals surface area contributed by atoms with Crippen LogP contribution in [0.2, 0.25) is 0 Å². The summed E-state index contributed by atoms with van der Waals surface area (Å²) in [5.41, 5.74) is 13.9. The Morgan fingerprint density at radius 2 is 1.92 bits per heavy atom. The van der Waals surface area contributed by atoms with Crippen molar-refractivity contribution < 1.29 is 18.0 Å². The Labute approximate surface area is 143 Å². The van der Waals surface area contributed by atoms with Gasteiger partial charge in [0.25, 0.3) is 0 Å². The topological polar surface area (TPSA) is 91.8 Å². The van der Waals surface area contributed by atoms with E-state index in [0.717, 1.165) is 11.6 Å². The second-order valence-corrected chi connectivity index (χ2v) is 5.61. The summed E-state index contributed by atoms with van der Waals surface area (Å²) in [7, 11) is 0. The number of nitrogen functional groups attached to an aromatic ring is 1. The number of hydrogen-bond donors (Lipinski definition) is 2. The average Bonchev–Trinajstić information content (AvgIpc) is 2.53. The minimum absolute atomic E-state index is 0.0736. The van der Waals surface area contributed by atoms with Gasteiger partial charge in [0.1, 0.15) is 5.82 Å². The lowest BCUT2D eigenvalue weighted by Gasteiger charge is -2.22. The van der Waals surface area contributed by atoms with Gasteiger partial charge in [0.05, 0.1) is 5.56 Å². The molecule has 2 rings (SSSR count). The van der Waals surface area contributed by atoms with E-state index in [1.165, 1.54) is 18.2 Å². The van der Waals surface area contributed by atoms with Crippen LogP contribution in [0.25, 0.3) is 5.73 Å². The lowest BCUT2D eigenvalue weighted by atomic mass is 10.00. The molecule has 1 heterocycles. The summed E-state index contributed by atoms with van der Waals surface area (Å²) in [6.45, 7) is 1.86. The Hall–Kier alpha value is -2.61. The van der Waals surface area contributed by atoms with Gasteiger partial charge in [-0.2, -0.15) is 13.2 Å². The third kappa shape index (κ3) is 4.93. The van der Waals surface area contributed by atoms with Gasteiger partial charge in [0.2, 0.25) is 5.91 Å². The average molecular weight is 351 g/mol. The van der Waals surface area contributed by atoms with Crippen molar-refractivity contribution in [2.45, 2.75) is 32.1 Å². The molecule has 0 aliphatic rings. The second-order valence-electron chi connectivity index (χ2n) is 5.61. The molecule has 25 heavy (non-hydrogen) atoms. The molecule has 1 atom stereocenters. The summed E-state index contributed by atoms with van der Waals surface area (Å²) < 4.78 is 38.9. The van der Waals surface area contributed by atoms with Gasteiger partial charge in [-0.3, -0.25) is 4.79 Å². The number of carbonyl (C=O) groups excluding carboxylic acids is 1. The Bertz CT molecular complexity index is 762. The van der Waals surface area contributed by atoms with Crippen molar-refractivity contribution in [3.63, 3.8) is 0 Å². The molecule has 1 amide bonds. The van der Waals surface area contributed by atoms with Gasteiger partial charge in [0.15, 0.2) is 0 Å². The van der Waals surface area contributed by atoms with Crippen molar-refractivity contribution in [2.24, 2.45) is 0 Å². The molecule has 1 aromatic heterocycles. The number of halogens is 3. The normalized spacial score (nSPS) is 12.7. The molecule has 5 nitrogen and oxygen atoms in total. The summed E-state index contributed by atoms with van der Waals surface area (Å²) in [6, 6.07) is 6.92. The van der Waals surface area contributed by atoms with Crippen molar-refractivity contribution in [2.75, 3.05) is 5.73 Å². The van der Waals surface area contributed by atoms with Gasteiger partial charge in [-0.15, -0.1) is 0 Å². The zero-order valence-corrected chi connectivity index (χ0v) is 13.5. The number of aromatic nitrogens is 1. The SMILES string of the molecule is Cc1nc(N)ccc1CNC(=O)[C@@H]([NH-])Cc1ccccc1C(F)(F)F. The molecule has 0 aliphatic heterocycles. The molecule has 134 valence electrons. The summed E-state index contributed by atoms with van der Waals surface area (Å²) in [6.07, 6.45) is -4.83. The molecule has 1 aromatic carbocycles. The number of hydrogen-bond acceptors (Lipinski definition) is 3. The van der Waals surface area contributed by atoms with Gasteiger partial charge in [-0.1, -0.05) is 30.3 Å². The lowest BCUT2D eigenvalue weighted by molar-refractivity contribution is -0.138. The number of benzene rings is 1. The number of pyridine rings is 1. The van der Waals surface area contributed by atoms with Crippen molar-refractivity contribution in [3.05, 3.63) is 64.5 Å².